The van der Waals surface area contributed by atoms with E-state index in [1.54, 1.807) is 19.3 Å². The van der Waals surface area contributed by atoms with E-state index in [1.165, 1.54) is 0 Å². The first-order valence-electron chi connectivity index (χ1n) is 4.98. The largest absolute Gasteiger partial charge is 0.292 e. The number of pyridine rings is 1. The molecule has 1 aromatic heterocycles. The number of aromatic nitrogens is 1. The minimum absolute atomic E-state index is 0.0637. The van der Waals surface area contributed by atoms with Crippen LogP contribution in [0, 0.1) is 4.91 Å². The molecular weight excluding hydrogens is 190 g/mol. The molecule has 0 fully saturated rings. The second-order valence-electron chi connectivity index (χ2n) is 3.44. The van der Waals surface area contributed by atoms with E-state index in [4.69, 9.17) is 0 Å². The van der Waals surface area contributed by atoms with Crippen LogP contribution in [-0.4, -0.2) is 23.3 Å². The fourth-order valence-electron chi connectivity index (χ4n) is 1.04. The van der Waals surface area contributed by atoms with E-state index in [1.807, 2.05) is 25.1 Å². The number of hydrogen-bond donors (Lipinski definition) is 0. The number of hydrogen-bond acceptors (Lipinski definition) is 4. The van der Waals surface area contributed by atoms with Gasteiger partial charge in [-0.2, -0.15) is 4.91 Å². The Morgan fingerprint density at radius 3 is 2.80 bits per heavy atom. The maximum atomic E-state index is 10.2. The average molecular weight is 205 g/mol. The first-order valence-corrected chi connectivity index (χ1v) is 4.98. The summed E-state index contributed by atoms with van der Waals surface area (Å²) < 4.78 is 0. The van der Waals surface area contributed by atoms with Gasteiger partial charge in [0, 0.05) is 24.5 Å². The highest BCUT2D eigenvalue weighted by Crippen LogP contribution is 2.01. The Kier molecular flexibility index (Phi) is 4.60. The van der Waals surface area contributed by atoms with Gasteiger partial charge >= 0.3 is 0 Å². The predicted octanol–water partition coefficient (Wildman–Crippen LogP) is 2.24. The molecule has 0 N–H and O–H groups in total. The van der Waals surface area contributed by atoms with Crippen molar-refractivity contribution in [2.24, 2.45) is 10.2 Å². The molecular formula is C11H15N3O. The summed E-state index contributed by atoms with van der Waals surface area (Å²) in [5.41, 5.74) is 0.972. The molecule has 0 aliphatic heterocycles. The van der Waals surface area contributed by atoms with Crippen molar-refractivity contribution >= 4 is 6.21 Å². The highest BCUT2D eigenvalue weighted by molar-refractivity contribution is 5.60. The second-order valence-corrected chi connectivity index (χ2v) is 3.44. The lowest BCUT2D eigenvalue weighted by atomic mass is 10.2. The molecule has 0 saturated heterocycles. The van der Waals surface area contributed by atoms with Crippen LogP contribution in [0.25, 0.3) is 0 Å². The third kappa shape index (κ3) is 3.97. The third-order valence-corrected chi connectivity index (χ3v) is 2.23. The van der Waals surface area contributed by atoms with Crippen molar-refractivity contribution in [3.05, 3.63) is 35.0 Å². The van der Waals surface area contributed by atoms with Crippen molar-refractivity contribution in [2.45, 2.75) is 32.4 Å². The van der Waals surface area contributed by atoms with Gasteiger partial charge in [-0.1, -0.05) is 11.2 Å². The molecule has 0 aliphatic carbocycles. The van der Waals surface area contributed by atoms with Crippen molar-refractivity contribution in [1.29, 1.82) is 0 Å². The second kappa shape index (κ2) is 6.01. The highest BCUT2D eigenvalue weighted by atomic mass is 16.3. The van der Waals surface area contributed by atoms with Gasteiger partial charge in [0.15, 0.2) is 0 Å². The molecule has 0 spiro atoms. The number of rotatable bonds is 5. The van der Waals surface area contributed by atoms with Gasteiger partial charge in [0.25, 0.3) is 0 Å². The van der Waals surface area contributed by atoms with Gasteiger partial charge in [-0.05, 0) is 26.0 Å². The number of aliphatic imine (C=N–C) groups is 1. The Balaban J connectivity index is 2.43. The topological polar surface area (TPSA) is 54.7 Å². The van der Waals surface area contributed by atoms with Gasteiger partial charge in [-0.3, -0.25) is 9.98 Å². The quantitative estimate of drug-likeness (QED) is 0.546. The summed E-state index contributed by atoms with van der Waals surface area (Å²) in [6.45, 7) is 3.64. The van der Waals surface area contributed by atoms with Crippen molar-refractivity contribution in [1.82, 2.24) is 4.98 Å². The normalized spacial score (nSPS) is 15.1. The van der Waals surface area contributed by atoms with Crippen LogP contribution < -0.4 is 0 Å². The zero-order valence-electron chi connectivity index (χ0n) is 9.00. The molecule has 2 unspecified atom stereocenters. The molecule has 1 rings (SSSR count). The van der Waals surface area contributed by atoms with E-state index >= 15 is 0 Å². The SMILES string of the molecule is CC(N=O)C(C)N=CCc1ccccn1. The average Bonchev–Trinajstić information content (AvgIpc) is 2.29. The van der Waals surface area contributed by atoms with E-state index < -0.39 is 0 Å². The summed E-state index contributed by atoms with van der Waals surface area (Å²) >= 11 is 0. The third-order valence-electron chi connectivity index (χ3n) is 2.23. The Morgan fingerprint density at radius 2 is 2.20 bits per heavy atom. The summed E-state index contributed by atoms with van der Waals surface area (Å²) in [5, 5.41) is 2.93. The lowest BCUT2D eigenvalue weighted by molar-refractivity contribution is 0.605. The Labute approximate surface area is 89.4 Å². The Hall–Kier alpha value is -1.58. The van der Waals surface area contributed by atoms with Gasteiger partial charge in [0.1, 0.15) is 6.04 Å². The van der Waals surface area contributed by atoms with Crippen LogP contribution in [-0.2, 0) is 6.42 Å². The van der Waals surface area contributed by atoms with E-state index in [2.05, 4.69) is 15.2 Å². The summed E-state index contributed by atoms with van der Waals surface area (Å²) in [7, 11) is 0. The van der Waals surface area contributed by atoms with Gasteiger partial charge in [0.05, 0.1) is 6.04 Å². The van der Waals surface area contributed by atoms with E-state index in [0.717, 1.165) is 5.69 Å². The van der Waals surface area contributed by atoms with Gasteiger partial charge in [-0.15, -0.1) is 0 Å². The molecule has 4 heteroatoms. The molecule has 0 radical (unpaired) electrons. The molecule has 4 nitrogen and oxygen atoms in total. The highest BCUT2D eigenvalue weighted by Gasteiger charge is 2.08. The Bertz CT molecular complexity index is 324. The first-order chi connectivity index (χ1) is 7.24. The molecule has 0 aromatic carbocycles. The Morgan fingerprint density at radius 1 is 1.40 bits per heavy atom. The smallest absolute Gasteiger partial charge is 0.111 e. The number of nitroso groups, excluding NO2 is 1. The van der Waals surface area contributed by atoms with Crippen LogP contribution in [0.4, 0.5) is 0 Å². The predicted molar refractivity (Wildman–Crippen MR) is 61.2 cm³/mol. The van der Waals surface area contributed by atoms with Crippen LogP contribution >= 0.6 is 0 Å². The summed E-state index contributed by atoms with van der Waals surface area (Å²) in [6.07, 6.45) is 4.23. The zero-order valence-corrected chi connectivity index (χ0v) is 9.00. The minimum Gasteiger partial charge on any atom is -0.292 e. The van der Waals surface area contributed by atoms with E-state index in [0.29, 0.717) is 6.42 Å². The van der Waals surface area contributed by atoms with Crippen LogP contribution in [0.15, 0.2) is 34.6 Å². The molecule has 2 atom stereocenters. The fraction of sp³-hybridized carbons (Fsp3) is 0.455. The molecule has 80 valence electrons. The maximum Gasteiger partial charge on any atom is 0.111 e. The van der Waals surface area contributed by atoms with Gasteiger partial charge in [0.2, 0.25) is 0 Å². The van der Waals surface area contributed by atoms with Crippen LogP contribution in [0.2, 0.25) is 0 Å². The summed E-state index contributed by atoms with van der Waals surface area (Å²) in [6, 6.07) is 5.42. The lowest BCUT2D eigenvalue weighted by Gasteiger charge is -2.06. The van der Waals surface area contributed by atoms with Crippen molar-refractivity contribution in [3.8, 4) is 0 Å². The minimum atomic E-state index is -0.273. The molecule has 0 bridgehead atoms. The molecule has 0 amide bonds. The molecule has 0 saturated carbocycles. The summed E-state index contributed by atoms with van der Waals surface area (Å²) in [4.78, 5) is 18.6. The van der Waals surface area contributed by atoms with Crippen molar-refractivity contribution < 1.29 is 0 Å². The lowest BCUT2D eigenvalue weighted by Crippen LogP contribution is -2.14. The zero-order chi connectivity index (χ0) is 11.1. The van der Waals surface area contributed by atoms with Crippen molar-refractivity contribution in [2.75, 3.05) is 0 Å². The van der Waals surface area contributed by atoms with Crippen molar-refractivity contribution in [3.63, 3.8) is 0 Å². The van der Waals surface area contributed by atoms with Crippen LogP contribution in [0.5, 0.6) is 0 Å². The van der Waals surface area contributed by atoms with E-state index in [9.17, 15) is 4.91 Å². The van der Waals surface area contributed by atoms with E-state index in [-0.39, 0.29) is 12.1 Å². The number of nitrogens with zero attached hydrogens (tertiary/aromatic N) is 3. The maximum absolute atomic E-state index is 10.2. The summed E-state index contributed by atoms with van der Waals surface area (Å²) in [5.74, 6) is 0. The first kappa shape index (κ1) is 11.5. The van der Waals surface area contributed by atoms with Gasteiger partial charge < -0.3 is 0 Å². The standard InChI is InChI=1S/C11H15N3O/c1-9(10(2)14-15)12-8-6-11-5-3-4-7-13-11/h3-5,7-10H,6H2,1-2H3. The molecule has 15 heavy (non-hydrogen) atoms. The molecule has 1 aromatic rings. The monoisotopic (exact) mass is 205 g/mol. The molecule has 1 heterocycles. The van der Waals surface area contributed by atoms with Crippen LogP contribution in [0.3, 0.4) is 0 Å². The van der Waals surface area contributed by atoms with Gasteiger partial charge in [-0.25, -0.2) is 0 Å². The van der Waals surface area contributed by atoms with Crippen LogP contribution in [0.1, 0.15) is 19.5 Å². The fourth-order valence-corrected chi connectivity index (χ4v) is 1.04. The molecule has 0 aliphatic rings.